The molecule has 0 radical (unpaired) electrons. The number of aromatic nitrogens is 1. The van der Waals surface area contributed by atoms with E-state index in [4.69, 9.17) is 0 Å². The van der Waals surface area contributed by atoms with Crippen LogP contribution in [0.5, 0.6) is 0 Å². The third kappa shape index (κ3) is 2.03. The predicted molar refractivity (Wildman–Crippen MR) is 56.0 cm³/mol. The molecule has 0 amide bonds. The Kier molecular flexibility index (Phi) is 2.86. The highest BCUT2D eigenvalue weighted by molar-refractivity contribution is 7.98. The summed E-state index contributed by atoms with van der Waals surface area (Å²) in [5.74, 6) is 0. The van der Waals surface area contributed by atoms with Crippen LogP contribution in [0.3, 0.4) is 0 Å². The molecule has 1 atom stereocenters. The molecule has 0 spiro atoms. The normalized spacial score (nSPS) is 22.1. The fourth-order valence-electron chi connectivity index (χ4n) is 1.69. The van der Waals surface area contributed by atoms with Crippen LogP contribution in [-0.2, 0) is 0 Å². The Labute approximate surface area is 83.1 Å². The van der Waals surface area contributed by atoms with Crippen LogP contribution in [0.25, 0.3) is 0 Å². The molecular weight excluding hydrogens is 180 g/mol. The van der Waals surface area contributed by atoms with Crippen molar-refractivity contribution in [3.63, 3.8) is 0 Å². The number of nitrogens with zero attached hydrogens (tertiary/aromatic N) is 1. The lowest BCUT2D eigenvalue weighted by Gasteiger charge is -2.09. The van der Waals surface area contributed by atoms with E-state index in [2.05, 4.69) is 28.7 Å². The smallest absolute Gasteiger partial charge is 0.0957 e. The Morgan fingerprint density at radius 1 is 1.54 bits per heavy atom. The molecule has 1 aromatic heterocycles. The largest absolute Gasteiger partial charge is 0.310 e. The molecule has 70 valence electrons. The van der Waals surface area contributed by atoms with Gasteiger partial charge >= 0.3 is 0 Å². The third-order valence-electron chi connectivity index (χ3n) is 2.43. The summed E-state index contributed by atoms with van der Waals surface area (Å²) in [5.41, 5.74) is 1.33. The summed E-state index contributed by atoms with van der Waals surface area (Å²) >= 11 is 1.69. The van der Waals surface area contributed by atoms with E-state index in [1.165, 1.54) is 18.4 Å². The first kappa shape index (κ1) is 9.03. The van der Waals surface area contributed by atoms with E-state index in [1.807, 2.05) is 6.20 Å². The van der Waals surface area contributed by atoms with Crippen LogP contribution in [0.2, 0.25) is 0 Å². The first-order valence-electron chi connectivity index (χ1n) is 4.63. The lowest BCUT2D eigenvalue weighted by molar-refractivity contribution is 0.643. The van der Waals surface area contributed by atoms with Crippen LogP contribution in [0.15, 0.2) is 23.4 Å². The Hall–Kier alpha value is -0.540. The standard InChI is InChI=1S/C10H14N2S/c1-13-10-5-4-8(7-12-10)9-3-2-6-11-9/h4-5,7,9,11H,2-3,6H2,1H3. The summed E-state index contributed by atoms with van der Waals surface area (Å²) in [6, 6.07) is 4.82. The molecule has 2 rings (SSSR count). The van der Waals surface area contributed by atoms with Gasteiger partial charge in [-0.25, -0.2) is 4.98 Å². The maximum atomic E-state index is 4.36. The summed E-state index contributed by atoms with van der Waals surface area (Å²) in [6.07, 6.45) is 6.58. The van der Waals surface area contributed by atoms with Crippen molar-refractivity contribution in [3.8, 4) is 0 Å². The number of hydrogen-bond donors (Lipinski definition) is 1. The Bertz CT molecular complexity index is 265. The quantitative estimate of drug-likeness (QED) is 0.731. The average molecular weight is 194 g/mol. The molecular formula is C10H14N2S. The number of nitrogens with one attached hydrogen (secondary N) is 1. The van der Waals surface area contributed by atoms with Gasteiger partial charge in [-0.3, -0.25) is 0 Å². The molecule has 1 aliphatic heterocycles. The Morgan fingerprint density at radius 3 is 3.00 bits per heavy atom. The summed E-state index contributed by atoms with van der Waals surface area (Å²) in [6.45, 7) is 1.15. The highest BCUT2D eigenvalue weighted by Gasteiger charge is 2.15. The van der Waals surface area contributed by atoms with Crippen molar-refractivity contribution in [2.45, 2.75) is 23.9 Å². The van der Waals surface area contributed by atoms with Gasteiger partial charge in [-0.1, -0.05) is 6.07 Å². The molecule has 1 fully saturated rings. The molecule has 0 saturated carbocycles. The van der Waals surface area contributed by atoms with Gasteiger partial charge in [-0.2, -0.15) is 0 Å². The van der Waals surface area contributed by atoms with E-state index >= 15 is 0 Å². The summed E-state index contributed by atoms with van der Waals surface area (Å²) in [4.78, 5) is 4.36. The van der Waals surface area contributed by atoms with E-state index in [1.54, 1.807) is 11.8 Å². The second-order valence-corrected chi connectivity index (χ2v) is 4.11. The van der Waals surface area contributed by atoms with Gasteiger partial charge < -0.3 is 5.32 Å². The van der Waals surface area contributed by atoms with E-state index < -0.39 is 0 Å². The molecule has 1 aromatic rings. The van der Waals surface area contributed by atoms with Crippen molar-refractivity contribution >= 4 is 11.8 Å². The van der Waals surface area contributed by atoms with Gasteiger partial charge in [-0.05, 0) is 37.3 Å². The molecule has 1 saturated heterocycles. The van der Waals surface area contributed by atoms with Crippen molar-refractivity contribution in [2.24, 2.45) is 0 Å². The molecule has 13 heavy (non-hydrogen) atoms. The minimum absolute atomic E-state index is 0.545. The topological polar surface area (TPSA) is 24.9 Å². The summed E-state index contributed by atoms with van der Waals surface area (Å²) < 4.78 is 0. The van der Waals surface area contributed by atoms with Crippen molar-refractivity contribution < 1.29 is 0 Å². The van der Waals surface area contributed by atoms with Crippen molar-refractivity contribution in [3.05, 3.63) is 23.9 Å². The molecule has 0 aliphatic carbocycles. The highest BCUT2D eigenvalue weighted by atomic mass is 32.2. The monoisotopic (exact) mass is 194 g/mol. The maximum Gasteiger partial charge on any atom is 0.0957 e. The van der Waals surface area contributed by atoms with Gasteiger partial charge in [0.1, 0.15) is 0 Å². The summed E-state index contributed by atoms with van der Waals surface area (Å²) in [7, 11) is 0. The van der Waals surface area contributed by atoms with Crippen LogP contribution in [0.4, 0.5) is 0 Å². The molecule has 1 aliphatic rings. The van der Waals surface area contributed by atoms with Crippen LogP contribution >= 0.6 is 11.8 Å². The second kappa shape index (κ2) is 4.11. The summed E-state index contributed by atoms with van der Waals surface area (Å²) in [5, 5.41) is 4.56. The molecule has 2 heterocycles. The lowest BCUT2D eigenvalue weighted by Crippen LogP contribution is -2.12. The van der Waals surface area contributed by atoms with E-state index in [9.17, 15) is 0 Å². The first-order valence-corrected chi connectivity index (χ1v) is 5.86. The minimum Gasteiger partial charge on any atom is -0.310 e. The SMILES string of the molecule is CSc1ccc(C2CCCN2)cn1. The van der Waals surface area contributed by atoms with Crippen LogP contribution in [0, 0.1) is 0 Å². The Morgan fingerprint density at radius 2 is 2.46 bits per heavy atom. The third-order valence-corrected chi connectivity index (χ3v) is 3.09. The van der Waals surface area contributed by atoms with Gasteiger partial charge in [0.15, 0.2) is 0 Å². The predicted octanol–water partition coefficient (Wildman–Crippen LogP) is 2.23. The van der Waals surface area contributed by atoms with Gasteiger partial charge in [0, 0.05) is 12.2 Å². The number of hydrogen-bond acceptors (Lipinski definition) is 3. The van der Waals surface area contributed by atoms with Gasteiger partial charge in [0.25, 0.3) is 0 Å². The number of thioether (sulfide) groups is 1. The van der Waals surface area contributed by atoms with Gasteiger partial charge in [0.2, 0.25) is 0 Å². The second-order valence-electron chi connectivity index (χ2n) is 3.28. The number of pyridine rings is 1. The maximum absolute atomic E-state index is 4.36. The van der Waals surface area contributed by atoms with Gasteiger partial charge in [-0.15, -0.1) is 11.8 Å². The zero-order valence-electron chi connectivity index (χ0n) is 7.79. The molecule has 0 bridgehead atoms. The minimum atomic E-state index is 0.545. The zero-order valence-corrected chi connectivity index (χ0v) is 8.60. The first-order chi connectivity index (χ1) is 6.40. The van der Waals surface area contributed by atoms with Crippen molar-refractivity contribution in [1.29, 1.82) is 0 Å². The van der Waals surface area contributed by atoms with Crippen LogP contribution in [0.1, 0.15) is 24.4 Å². The Balaban J connectivity index is 2.12. The van der Waals surface area contributed by atoms with Crippen LogP contribution < -0.4 is 5.32 Å². The zero-order chi connectivity index (χ0) is 9.10. The molecule has 1 N–H and O–H groups in total. The van der Waals surface area contributed by atoms with E-state index in [0.717, 1.165) is 11.6 Å². The number of rotatable bonds is 2. The van der Waals surface area contributed by atoms with Gasteiger partial charge in [0.05, 0.1) is 5.03 Å². The van der Waals surface area contributed by atoms with Crippen molar-refractivity contribution in [1.82, 2.24) is 10.3 Å². The fraction of sp³-hybridized carbons (Fsp3) is 0.500. The average Bonchev–Trinajstić information content (AvgIpc) is 2.71. The van der Waals surface area contributed by atoms with Crippen LogP contribution in [-0.4, -0.2) is 17.8 Å². The van der Waals surface area contributed by atoms with Crippen molar-refractivity contribution in [2.75, 3.05) is 12.8 Å². The lowest BCUT2D eigenvalue weighted by atomic mass is 10.1. The fourth-order valence-corrected chi connectivity index (χ4v) is 2.05. The van der Waals surface area contributed by atoms with E-state index in [0.29, 0.717) is 6.04 Å². The van der Waals surface area contributed by atoms with E-state index in [-0.39, 0.29) is 0 Å². The molecule has 3 heteroatoms. The molecule has 1 unspecified atom stereocenters. The molecule has 2 nitrogen and oxygen atoms in total. The highest BCUT2D eigenvalue weighted by Crippen LogP contribution is 2.23. The molecule has 0 aromatic carbocycles.